The van der Waals surface area contributed by atoms with Gasteiger partial charge < -0.3 is 19.7 Å². The van der Waals surface area contributed by atoms with E-state index in [1.807, 2.05) is 12.1 Å². The van der Waals surface area contributed by atoms with E-state index in [1.54, 1.807) is 6.07 Å². The Morgan fingerprint density at radius 3 is 2.65 bits per heavy atom. The highest BCUT2D eigenvalue weighted by atomic mass is 19.3. The normalized spacial score (nSPS) is 21.6. The number of hydrogen-bond acceptors (Lipinski definition) is 4. The summed E-state index contributed by atoms with van der Waals surface area (Å²) in [5, 5.41) is 3.56. The molecule has 146 valence electrons. The molecule has 1 aromatic rings. The Morgan fingerprint density at radius 2 is 1.96 bits per heavy atom. The van der Waals surface area contributed by atoms with Gasteiger partial charge in [-0.1, -0.05) is 13.8 Å². The number of hydrogen-bond donors (Lipinski definition) is 1. The van der Waals surface area contributed by atoms with Crippen LogP contribution in [0, 0.1) is 5.92 Å². The zero-order chi connectivity index (χ0) is 18.5. The number of nitrogens with zero attached hydrogens (tertiary/aromatic N) is 1. The molecule has 1 N–H and O–H groups in total. The van der Waals surface area contributed by atoms with E-state index in [0.29, 0.717) is 17.7 Å². The lowest BCUT2D eigenvalue weighted by Gasteiger charge is -2.36. The summed E-state index contributed by atoms with van der Waals surface area (Å²) in [5.41, 5.74) is 1.01. The molecule has 1 aliphatic carbocycles. The Morgan fingerprint density at radius 1 is 1.19 bits per heavy atom. The van der Waals surface area contributed by atoms with E-state index in [0.717, 1.165) is 57.4 Å². The summed E-state index contributed by atoms with van der Waals surface area (Å²) in [6.45, 7) is 4.34. The van der Waals surface area contributed by atoms with Crippen LogP contribution >= 0.6 is 0 Å². The number of rotatable bonds is 7. The smallest absolute Gasteiger partial charge is 0.387 e. The average Bonchev–Trinajstić information content (AvgIpc) is 3.09. The van der Waals surface area contributed by atoms with Gasteiger partial charge in [0.25, 0.3) is 0 Å². The predicted octanol–water partition coefficient (Wildman–Crippen LogP) is 4.43. The van der Waals surface area contributed by atoms with Gasteiger partial charge in [0.15, 0.2) is 11.5 Å². The highest BCUT2D eigenvalue weighted by Crippen LogP contribution is 2.36. The van der Waals surface area contributed by atoms with Gasteiger partial charge in [-0.3, -0.25) is 0 Å². The fraction of sp³-hybridized carbons (Fsp3) is 0.700. The van der Waals surface area contributed by atoms with E-state index in [2.05, 4.69) is 28.8 Å². The monoisotopic (exact) mass is 368 g/mol. The molecule has 0 amide bonds. The van der Waals surface area contributed by atoms with E-state index in [-0.39, 0.29) is 11.9 Å². The maximum absolute atomic E-state index is 12.7. The van der Waals surface area contributed by atoms with Crippen molar-refractivity contribution < 1.29 is 18.3 Å². The molecular formula is C20H30F2N2O2. The molecule has 1 atom stereocenters. The quantitative estimate of drug-likeness (QED) is 0.772. The lowest BCUT2D eigenvalue weighted by Crippen LogP contribution is -2.51. The van der Waals surface area contributed by atoms with Gasteiger partial charge in [0, 0.05) is 37.4 Å². The second kappa shape index (κ2) is 8.89. The number of anilines is 1. The summed E-state index contributed by atoms with van der Waals surface area (Å²) in [7, 11) is 0. The standard InChI is InChI=1S/C20H30F2N2O2/c1-14(2)11-15-13-24(10-9-23-15)16-7-8-18(26-20(21)22)19(12-16)25-17-5-3-4-6-17/h7-8,12,14-15,17,20,23H,3-6,9-11,13H2,1-2H3/t15-/m0/s1. The second-order valence-electron chi connectivity index (χ2n) is 7.76. The van der Waals surface area contributed by atoms with Crippen molar-refractivity contribution in [2.24, 2.45) is 5.92 Å². The molecule has 0 aromatic heterocycles. The third kappa shape index (κ3) is 5.22. The zero-order valence-electron chi connectivity index (χ0n) is 15.7. The van der Waals surface area contributed by atoms with Gasteiger partial charge in [-0.05, 0) is 50.2 Å². The van der Waals surface area contributed by atoms with Gasteiger partial charge in [0.05, 0.1) is 6.10 Å². The maximum Gasteiger partial charge on any atom is 0.387 e. The largest absolute Gasteiger partial charge is 0.486 e. The molecule has 1 heterocycles. The van der Waals surface area contributed by atoms with Crippen molar-refractivity contribution in [3.05, 3.63) is 18.2 Å². The molecule has 0 unspecified atom stereocenters. The zero-order valence-corrected chi connectivity index (χ0v) is 15.7. The van der Waals surface area contributed by atoms with Crippen molar-refractivity contribution in [3.63, 3.8) is 0 Å². The summed E-state index contributed by atoms with van der Waals surface area (Å²) in [5.74, 6) is 1.20. The van der Waals surface area contributed by atoms with Crippen molar-refractivity contribution >= 4 is 5.69 Å². The van der Waals surface area contributed by atoms with E-state index >= 15 is 0 Å². The third-order valence-electron chi connectivity index (χ3n) is 5.12. The van der Waals surface area contributed by atoms with Gasteiger partial charge in [-0.15, -0.1) is 0 Å². The van der Waals surface area contributed by atoms with Gasteiger partial charge in [-0.2, -0.15) is 8.78 Å². The summed E-state index contributed by atoms with van der Waals surface area (Å²) < 4.78 is 36.2. The lowest BCUT2D eigenvalue weighted by atomic mass is 10.0. The first-order valence-electron chi connectivity index (χ1n) is 9.75. The summed E-state index contributed by atoms with van der Waals surface area (Å²) in [4.78, 5) is 2.30. The number of halogens is 2. The number of piperazine rings is 1. The fourth-order valence-corrected chi connectivity index (χ4v) is 3.95. The highest BCUT2D eigenvalue weighted by Gasteiger charge is 2.24. The number of alkyl halides is 2. The van der Waals surface area contributed by atoms with Crippen molar-refractivity contribution in [2.45, 2.75) is 64.7 Å². The van der Waals surface area contributed by atoms with Crippen LogP contribution in [0.5, 0.6) is 11.5 Å². The summed E-state index contributed by atoms with van der Waals surface area (Å²) >= 11 is 0. The summed E-state index contributed by atoms with van der Waals surface area (Å²) in [6.07, 6.45) is 5.43. The highest BCUT2D eigenvalue weighted by molar-refractivity contribution is 5.57. The Hall–Kier alpha value is -1.56. The van der Waals surface area contributed by atoms with Crippen LogP contribution in [-0.2, 0) is 0 Å². The Bertz CT molecular complexity index is 577. The van der Waals surface area contributed by atoms with Crippen LogP contribution in [0.25, 0.3) is 0 Å². The number of nitrogens with one attached hydrogen (secondary N) is 1. The topological polar surface area (TPSA) is 33.7 Å². The van der Waals surface area contributed by atoms with Crippen molar-refractivity contribution in [1.29, 1.82) is 0 Å². The molecule has 2 aliphatic rings. The summed E-state index contributed by atoms with van der Waals surface area (Å²) in [6, 6.07) is 5.79. The molecule has 1 aromatic carbocycles. The van der Waals surface area contributed by atoms with Crippen LogP contribution in [0.3, 0.4) is 0 Å². The molecule has 0 radical (unpaired) electrons. The molecule has 26 heavy (non-hydrogen) atoms. The minimum atomic E-state index is -2.85. The third-order valence-corrected chi connectivity index (χ3v) is 5.12. The minimum absolute atomic E-state index is 0.0991. The Balaban J connectivity index is 1.76. The van der Waals surface area contributed by atoms with Crippen LogP contribution in [0.4, 0.5) is 14.5 Å². The molecule has 0 spiro atoms. The van der Waals surface area contributed by atoms with E-state index < -0.39 is 6.61 Å². The van der Waals surface area contributed by atoms with Crippen molar-refractivity contribution in [1.82, 2.24) is 5.32 Å². The molecular weight excluding hydrogens is 338 g/mol. The molecule has 1 saturated carbocycles. The van der Waals surface area contributed by atoms with Gasteiger partial charge in [-0.25, -0.2) is 0 Å². The number of benzene rings is 1. The van der Waals surface area contributed by atoms with Crippen molar-refractivity contribution in [2.75, 3.05) is 24.5 Å². The first-order chi connectivity index (χ1) is 12.5. The molecule has 1 saturated heterocycles. The molecule has 0 bridgehead atoms. The SMILES string of the molecule is CC(C)C[C@H]1CN(c2ccc(OC(F)F)c(OC3CCCC3)c2)CCN1. The lowest BCUT2D eigenvalue weighted by molar-refractivity contribution is -0.0520. The number of ether oxygens (including phenoxy) is 2. The van der Waals surface area contributed by atoms with Crippen LogP contribution in [-0.4, -0.2) is 38.4 Å². The first kappa shape index (κ1) is 19.2. The van der Waals surface area contributed by atoms with E-state index in [1.165, 1.54) is 0 Å². The Kier molecular flexibility index (Phi) is 6.57. The molecule has 1 aliphatic heterocycles. The van der Waals surface area contributed by atoms with Crippen LogP contribution < -0.4 is 19.7 Å². The molecule has 2 fully saturated rings. The van der Waals surface area contributed by atoms with Gasteiger partial charge in [0.2, 0.25) is 0 Å². The first-order valence-corrected chi connectivity index (χ1v) is 9.75. The van der Waals surface area contributed by atoms with E-state index in [9.17, 15) is 8.78 Å². The van der Waals surface area contributed by atoms with Gasteiger partial charge >= 0.3 is 6.61 Å². The molecule has 6 heteroatoms. The van der Waals surface area contributed by atoms with Gasteiger partial charge in [0.1, 0.15) is 0 Å². The maximum atomic E-state index is 12.7. The molecule has 3 rings (SSSR count). The predicted molar refractivity (Wildman–Crippen MR) is 99.4 cm³/mol. The van der Waals surface area contributed by atoms with Crippen LogP contribution in [0.1, 0.15) is 46.0 Å². The van der Waals surface area contributed by atoms with Crippen LogP contribution in [0.15, 0.2) is 18.2 Å². The fourth-order valence-electron chi connectivity index (χ4n) is 3.95. The molecule has 4 nitrogen and oxygen atoms in total. The van der Waals surface area contributed by atoms with Crippen molar-refractivity contribution in [3.8, 4) is 11.5 Å². The van der Waals surface area contributed by atoms with E-state index in [4.69, 9.17) is 4.74 Å². The Labute approximate surface area is 154 Å². The second-order valence-corrected chi connectivity index (χ2v) is 7.76. The minimum Gasteiger partial charge on any atom is -0.486 e. The average molecular weight is 368 g/mol. The van der Waals surface area contributed by atoms with Crippen LogP contribution in [0.2, 0.25) is 0 Å².